The summed E-state index contributed by atoms with van der Waals surface area (Å²) in [6, 6.07) is 8.47. The number of nitrogens with two attached hydrogens (primary N) is 1. The monoisotopic (exact) mass is 258 g/mol. The van der Waals surface area contributed by atoms with Crippen LogP contribution in [-0.2, 0) is 14.1 Å². The first-order valence-electron chi connectivity index (χ1n) is 5.07. The minimum Gasteiger partial charge on any atom is -0.465 e. The predicted molar refractivity (Wildman–Crippen MR) is 63.5 cm³/mol. The Bertz CT molecular complexity index is 410. The van der Waals surface area contributed by atoms with Crippen LogP contribution in [0.1, 0.15) is 6.92 Å². The molecule has 0 fully saturated rings. The molecule has 1 aromatic rings. The van der Waals surface area contributed by atoms with E-state index in [-0.39, 0.29) is 13.2 Å². The number of rotatable bonds is 6. The third-order valence-corrected chi connectivity index (χ3v) is 2.81. The SMILES string of the molecule is CCOC(=O)CNP(N)(=O)Oc1ccccc1. The van der Waals surface area contributed by atoms with Crippen molar-refractivity contribution in [2.45, 2.75) is 6.92 Å². The maximum Gasteiger partial charge on any atom is 0.388 e. The molecule has 0 aliphatic rings. The van der Waals surface area contributed by atoms with Crippen LogP contribution < -0.4 is 15.1 Å². The van der Waals surface area contributed by atoms with E-state index in [1.807, 2.05) is 0 Å². The molecule has 0 saturated carbocycles. The van der Waals surface area contributed by atoms with Crippen molar-refractivity contribution >= 4 is 13.6 Å². The average molecular weight is 258 g/mol. The number of nitrogens with one attached hydrogen (secondary N) is 1. The lowest BCUT2D eigenvalue weighted by atomic mass is 10.3. The van der Waals surface area contributed by atoms with Crippen molar-refractivity contribution in [2.24, 2.45) is 5.50 Å². The first-order chi connectivity index (χ1) is 8.03. The number of para-hydroxylation sites is 1. The lowest BCUT2D eigenvalue weighted by molar-refractivity contribution is -0.141. The van der Waals surface area contributed by atoms with Crippen LogP contribution in [0.25, 0.3) is 0 Å². The second-order valence-corrected chi connectivity index (χ2v) is 4.83. The predicted octanol–water partition coefficient (Wildman–Crippen LogP) is 1.28. The van der Waals surface area contributed by atoms with E-state index in [4.69, 9.17) is 10.0 Å². The number of hydrogen-bond acceptors (Lipinski definition) is 4. The number of ether oxygens (including phenoxy) is 1. The fourth-order valence-electron chi connectivity index (χ4n) is 1.06. The minimum absolute atomic E-state index is 0.256. The van der Waals surface area contributed by atoms with E-state index in [1.54, 1.807) is 37.3 Å². The first-order valence-corrected chi connectivity index (χ1v) is 6.77. The van der Waals surface area contributed by atoms with Crippen LogP contribution in [0, 0.1) is 0 Å². The van der Waals surface area contributed by atoms with Crippen molar-refractivity contribution in [3.8, 4) is 5.75 Å². The van der Waals surface area contributed by atoms with Gasteiger partial charge in [0.15, 0.2) is 0 Å². The highest BCUT2D eigenvalue weighted by atomic mass is 31.2. The van der Waals surface area contributed by atoms with Crippen LogP contribution in [0.3, 0.4) is 0 Å². The average Bonchev–Trinajstić information content (AvgIpc) is 2.28. The van der Waals surface area contributed by atoms with Crippen molar-refractivity contribution in [3.63, 3.8) is 0 Å². The third kappa shape index (κ3) is 5.49. The zero-order valence-corrected chi connectivity index (χ0v) is 10.4. The van der Waals surface area contributed by atoms with Crippen molar-refractivity contribution in [1.29, 1.82) is 0 Å². The Labute approximate surface area is 99.7 Å². The van der Waals surface area contributed by atoms with E-state index in [9.17, 15) is 9.36 Å². The smallest absolute Gasteiger partial charge is 0.388 e. The molecule has 0 spiro atoms. The number of carbonyl (C=O) groups excluding carboxylic acids is 1. The second-order valence-electron chi connectivity index (χ2n) is 3.14. The molecule has 0 aliphatic carbocycles. The van der Waals surface area contributed by atoms with Gasteiger partial charge in [-0.05, 0) is 19.1 Å². The van der Waals surface area contributed by atoms with Gasteiger partial charge in [-0.1, -0.05) is 18.2 Å². The van der Waals surface area contributed by atoms with Gasteiger partial charge < -0.3 is 9.26 Å². The summed E-state index contributed by atoms with van der Waals surface area (Å²) in [6.45, 7) is 1.68. The summed E-state index contributed by atoms with van der Waals surface area (Å²) in [7, 11) is -3.54. The zero-order chi connectivity index (χ0) is 12.7. The molecule has 1 unspecified atom stereocenters. The van der Waals surface area contributed by atoms with Crippen LogP contribution >= 0.6 is 7.67 Å². The van der Waals surface area contributed by atoms with E-state index < -0.39 is 13.6 Å². The normalized spacial score (nSPS) is 13.8. The summed E-state index contributed by atoms with van der Waals surface area (Å²) >= 11 is 0. The summed E-state index contributed by atoms with van der Waals surface area (Å²) in [5, 5.41) is 2.33. The number of esters is 1. The lowest BCUT2D eigenvalue weighted by Crippen LogP contribution is -2.27. The van der Waals surface area contributed by atoms with Crippen LogP contribution in [0.4, 0.5) is 0 Å². The minimum atomic E-state index is -3.54. The van der Waals surface area contributed by atoms with E-state index in [1.165, 1.54) is 0 Å². The summed E-state index contributed by atoms with van der Waals surface area (Å²) < 4.78 is 21.4. The van der Waals surface area contributed by atoms with E-state index >= 15 is 0 Å². The molecule has 0 heterocycles. The van der Waals surface area contributed by atoms with Gasteiger partial charge in [-0.2, -0.15) is 0 Å². The van der Waals surface area contributed by atoms with Crippen LogP contribution in [0.15, 0.2) is 30.3 Å². The summed E-state index contributed by atoms with van der Waals surface area (Å²) in [4.78, 5) is 11.0. The highest BCUT2D eigenvalue weighted by Gasteiger charge is 2.19. The molecular weight excluding hydrogens is 243 g/mol. The summed E-state index contributed by atoms with van der Waals surface area (Å²) in [5.41, 5.74) is 5.41. The Morgan fingerprint density at radius 2 is 2.06 bits per heavy atom. The Kier molecular flexibility index (Phi) is 5.15. The fourth-order valence-corrected chi connectivity index (χ4v) is 1.91. The van der Waals surface area contributed by atoms with Gasteiger partial charge in [-0.3, -0.25) is 4.79 Å². The molecule has 0 aliphatic heterocycles. The number of carbonyl (C=O) groups is 1. The summed E-state index contributed by atoms with van der Waals surface area (Å²) in [6.07, 6.45) is 0. The van der Waals surface area contributed by atoms with Gasteiger partial charge in [0.2, 0.25) is 0 Å². The molecule has 0 saturated heterocycles. The Morgan fingerprint density at radius 1 is 1.41 bits per heavy atom. The van der Waals surface area contributed by atoms with Crippen molar-refractivity contribution in [3.05, 3.63) is 30.3 Å². The fraction of sp³-hybridized carbons (Fsp3) is 0.300. The van der Waals surface area contributed by atoms with Gasteiger partial charge in [-0.15, -0.1) is 0 Å². The van der Waals surface area contributed by atoms with E-state index in [0.717, 1.165) is 0 Å². The molecule has 0 bridgehead atoms. The number of benzene rings is 1. The summed E-state index contributed by atoms with van der Waals surface area (Å²) in [5.74, 6) is -0.162. The highest BCUT2D eigenvalue weighted by molar-refractivity contribution is 7.54. The van der Waals surface area contributed by atoms with Gasteiger partial charge in [-0.25, -0.2) is 15.2 Å². The standard InChI is InChI=1S/C10H15N2O4P/c1-2-15-10(13)8-12-17(11,14)16-9-6-4-3-5-7-9/h3-7H,2,8H2,1H3,(H3,11,12,14). The Balaban J connectivity index is 2.46. The molecule has 1 aromatic carbocycles. The molecule has 1 rings (SSSR count). The van der Waals surface area contributed by atoms with Crippen molar-refractivity contribution in [1.82, 2.24) is 5.09 Å². The van der Waals surface area contributed by atoms with Crippen molar-refractivity contribution in [2.75, 3.05) is 13.2 Å². The molecule has 1 atom stereocenters. The topological polar surface area (TPSA) is 90.6 Å². The van der Waals surface area contributed by atoms with Crippen molar-refractivity contribution < 1.29 is 18.6 Å². The first kappa shape index (κ1) is 13.7. The second kappa shape index (κ2) is 6.39. The molecule has 17 heavy (non-hydrogen) atoms. The lowest BCUT2D eigenvalue weighted by Gasteiger charge is -2.15. The molecule has 0 radical (unpaired) electrons. The maximum atomic E-state index is 11.7. The number of hydrogen-bond donors (Lipinski definition) is 2. The maximum absolute atomic E-state index is 11.7. The Hall–Kier alpha value is -1.36. The third-order valence-electron chi connectivity index (χ3n) is 1.73. The Morgan fingerprint density at radius 3 is 2.65 bits per heavy atom. The molecule has 3 N–H and O–H groups in total. The van der Waals surface area contributed by atoms with Gasteiger partial charge in [0.1, 0.15) is 12.3 Å². The van der Waals surface area contributed by atoms with Gasteiger partial charge >= 0.3 is 13.6 Å². The molecule has 7 heteroatoms. The zero-order valence-electron chi connectivity index (χ0n) is 9.46. The van der Waals surface area contributed by atoms with Crippen LogP contribution in [-0.4, -0.2) is 19.1 Å². The van der Waals surface area contributed by atoms with E-state index in [2.05, 4.69) is 9.82 Å². The molecular formula is C10H15N2O4P. The van der Waals surface area contributed by atoms with Gasteiger partial charge in [0.25, 0.3) is 0 Å². The van der Waals surface area contributed by atoms with Gasteiger partial charge in [0, 0.05) is 0 Å². The van der Waals surface area contributed by atoms with E-state index in [0.29, 0.717) is 5.75 Å². The highest BCUT2D eigenvalue weighted by Crippen LogP contribution is 2.33. The quantitative estimate of drug-likeness (QED) is 0.590. The van der Waals surface area contributed by atoms with Crippen LogP contribution in [0.2, 0.25) is 0 Å². The molecule has 94 valence electrons. The molecule has 0 aromatic heterocycles. The molecule has 6 nitrogen and oxygen atoms in total. The largest absolute Gasteiger partial charge is 0.465 e. The van der Waals surface area contributed by atoms with Gasteiger partial charge in [0.05, 0.1) is 6.61 Å². The molecule has 0 amide bonds. The van der Waals surface area contributed by atoms with Crippen LogP contribution in [0.5, 0.6) is 5.75 Å².